The van der Waals surface area contributed by atoms with Crippen molar-refractivity contribution in [1.82, 2.24) is 4.83 Å². The molecular weight excluding hydrogens is 344 g/mol. The van der Waals surface area contributed by atoms with Crippen LogP contribution in [0.25, 0.3) is 0 Å². The quantitative estimate of drug-likeness (QED) is 0.461. The van der Waals surface area contributed by atoms with Gasteiger partial charge in [-0.25, -0.2) is 0 Å². The highest BCUT2D eigenvalue weighted by molar-refractivity contribution is 7.89. The van der Waals surface area contributed by atoms with Gasteiger partial charge in [0.25, 0.3) is 10.0 Å². The summed E-state index contributed by atoms with van der Waals surface area (Å²) in [5.74, 6) is 0. The van der Waals surface area contributed by atoms with Crippen molar-refractivity contribution in [2.45, 2.75) is 43.9 Å². The third-order valence-corrected chi connectivity index (χ3v) is 5.74. The number of sulfonamides is 1. The summed E-state index contributed by atoms with van der Waals surface area (Å²) in [5, 5.41) is 4.30. The number of rotatable bonds is 6. The first-order chi connectivity index (χ1) is 12.5. The van der Waals surface area contributed by atoms with Crippen LogP contribution in [0.4, 0.5) is 0 Å². The molecule has 26 heavy (non-hydrogen) atoms. The Morgan fingerprint density at radius 3 is 2.42 bits per heavy atom. The van der Waals surface area contributed by atoms with Gasteiger partial charge in [-0.05, 0) is 50.3 Å². The van der Waals surface area contributed by atoms with Crippen molar-refractivity contribution < 1.29 is 8.42 Å². The van der Waals surface area contributed by atoms with Crippen molar-refractivity contribution in [3.05, 3.63) is 77.4 Å². The monoisotopic (exact) mass is 368 g/mol. The number of hydrazone groups is 1. The molecule has 0 unspecified atom stereocenters. The molecular formula is C21H24N2O2S. The number of benzene rings is 2. The average molecular weight is 369 g/mol. The fourth-order valence-electron chi connectivity index (χ4n) is 3.00. The smallest absolute Gasteiger partial charge is 0.200 e. The predicted molar refractivity (Wildman–Crippen MR) is 106 cm³/mol. The summed E-state index contributed by atoms with van der Waals surface area (Å²) in [4.78, 5) is 2.63. The number of aryl methyl sites for hydroxylation is 1. The molecule has 0 spiro atoms. The predicted octanol–water partition coefficient (Wildman–Crippen LogP) is 4.57. The fourth-order valence-corrected chi connectivity index (χ4v) is 3.83. The summed E-state index contributed by atoms with van der Waals surface area (Å²) in [7, 11) is -3.68. The third-order valence-electron chi connectivity index (χ3n) is 4.52. The molecule has 0 saturated carbocycles. The van der Waals surface area contributed by atoms with E-state index in [1.807, 2.05) is 37.3 Å². The molecule has 2 aromatic rings. The van der Waals surface area contributed by atoms with Gasteiger partial charge in [0.1, 0.15) is 0 Å². The lowest BCUT2D eigenvalue weighted by Crippen LogP contribution is -2.21. The van der Waals surface area contributed by atoms with E-state index in [1.54, 1.807) is 24.3 Å². The lowest BCUT2D eigenvalue weighted by atomic mass is 9.93. The van der Waals surface area contributed by atoms with Crippen LogP contribution in [-0.2, 0) is 10.0 Å². The maximum atomic E-state index is 12.5. The second-order valence-electron chi connectivity index (χ2n) is 6.62. The zero-order valence-electron chi connectivity index (χ0n) is 15.0. The Morgan fingerprint density at radius 2 is 1.77 bits per heavy atom. The first-order valence-corrected chi connectivity index (χ1v) is 10.4. The molecule has 0 radical (unpaired) electrons. The van der Waals surface area contributed by atoms with Gasteiger partial charge < -0.3 is 0 Å². The molecule has 4 nitrogen and oxygen atoms in total. The van der Waals surface area contributed by atoms with Crippen molar-refractivity contribution in [2.75, 3.05) is 0 Å². The van der Waals surface area contributed by atoms with Gasteiger partial charge in [-0.1, -0.05) is 59.7 Å². The number of allylic oxidation sites excluding steroid dienone is 2. The van der Waals surface area contributed by atoms with Gasteiger partial charge in [0.15, 0.2) is 0 Å². The van der Waals surface area contributed by atoms with E-state index >= 15 is 0 Å². The van der Waals surface area contributed by atoms with Crippen LogP contribution in [0, 0.1) is 6.92 Å². The molecule has 2 aromatic carbocycles. The van der Waals surface area contributed by atoms with Gasteiger partial charge >= 0.3 is 0 Å². The molecule has 1 aliphatic rings. The Morgan fingerprint density at radius 1 is 1.04 bits per heavy atom. The van der Waals surface area contributed by atoms with E-state index < -0.39 is 10.0 Å². The summed E-state index contributed by atoms with van der Waals surface area (Å²) < 4.78 is 25.1. The van der Waals surface area contributed by atoms with Gasteiger partial charge in [-0.3, -0.25) is 0 Å². The Hall–Kier alpha value is -2.40. The number of hydrogen-bond donors (Lipinski definition) is 1. The summed E-state index contributed by atoms with van der Waals surface area (Å²) in [6.07, 6.45) is 7.48. The van der Waals surface area contributed by atoms with E-state index in [9.17, 15) is 8.42 Å². The normalized spacial score (nSPS) is 15.4. The molecule has 5 heteroatoms. The molecule has 0 aliphatic heterocycles. The van der Waals surface area contributed by atoms with Crippen LogP contribution in [0.2, 0.25) is 0 Å². The molecule has 0 amide bonds. The average Bonchev–Trinajstić information content (AvgIpc) is 2.67. The number of nitrogens with one attached hydrogen (secondary N) is 1. The van der Waals surface area contributed by atoms with E-state index in [0.29, 0.717) is 6.42 Å². The second kappa shape index (κ2) is 8.32. The number of hydrogen-bond acceptors (Lipinski definition) is 3. The van der Waals surface area contributed by atoms with Crippen molar-refractivity contribution in [1.29, 1.82) is 0 Å². The first-order valence-electron chi connectivity index (χ1n) is 8.93. The second-order valence-corrected chi connectivity index (χ2v) is 8.28. The van der Waals surface area contributed by atoms with E-state index in [2.05, 4.69) is 16.0 Å². The van der Waals surface area contributed by atoms with Crippen molar-refractivity contribution in [3.8, 4) is 0 Å². The lowest BCUT2D eigenvalue weighted by molar-refractivity contribution is 0.584. The van der Waals surface area contributed by atoms with Crippen molar-refractivity contribution in [2.24, 2.45) is 5.10 Å². The summed E-state index contributed by atoms with van der Waals surface area (Å²) in [6.45, 7) is 1.92. The number of nitrogens with zero attached hydrogens (tertiary/aromatic N) is 1. The third kappa shape index (κ3) is 4.82. The largest absolute Gasteiger partial charge is 0.276 e. The zero-order valence-corrected chi connectivity index (χ0v) is 15.8. The lowest BCUT2D eigenvalue weighted by Gasteiger charge is -2.15. The zero-order chi connectivity index (χ0) is 18.4. The molecule has 3 rings (SSSR count). The minimum atomic E-state index is -3.68. The van der Waals surface area contributed by atoms with Gasteiger partial charge in [0.05, 0.1) is 10.6 Å². The Labute approximate surface area is 155 Å². The van der Waals surface area contributed by atoms with E-state index in [-0.39, 0.29) is 4.90 Å². The molecule has 0 aromatic heterocycles. The minimum Gasteiger partial charge on any atom is -0.200 e. The maximum absolute atomic E-state index is 12.5. The van der Waals surface area contributed by atoms with E-state index in [0.717, 1.165) is 29.7 Å². The maximum Gasteiger partial charge on any atom is 0.276 e. The molecule has 0 fully saturated rings. The van der Waals surface area contributed by atoms with E-state index in [4.69, 9.17) is 0 Å². The van der Waals surface area contributed by atoms with Crippen molar-refractivity contribution >= 4 is 15.7 Å². The first kappa shape index (κ1) is 18.4. The van der Waals surface area contributed by atoms with Gasteiger partial charge in [0.2, 0.25) is 0 Å². The van der Waals surface area contributed by atoms with E-state index in [1.165, 1.54) is 18.4 Å². The highest BCUT2D eigenvalue weighted by Gasteiger charge is 2.15. The van der Waals surface area contributed by atoms with Crippen LogP contribution in [0.5, 0.6) is 0 Å². The Balaban J connectivity index is 1.86. The van der Waals surface area contributed by atoms with Gasteiger partial charge in [-0.2, -0.15) is 18.4 Å². The highest BCUT2D eigenvalue weighted by atomic mass is 32.2. The van der Waals surface area contributed by atoms with Gasteiger partial charge in [-0.15, -0.1) is 0 Å². The topological polar surface area (TPSA) is 58.5 Å². The molecule has 1 N–H and O–H groups in total. The summed E-state index contributed by atoms with van der Waals surface area (Å²) in [6, 6.07) is 16.5. The van der Waals surface area contributed by atoms with Crippen LogP contribution in [0.15, 0.2) is 76.2 Å². The molecule has 0 saturated heterocycles. The molecule has 136 valence electrons. The van der Waals surface area contributed by atoms with Crippen LogP contribution in [0.3, 0.4) is 0 Å². The van der Waals surface area contributed by atoms with Crippen LogP contribution >= 0.6 is 0 Å². The Bertz CT molecular complexity index is 899. The SMILES string of the molecule is Cc1ccc(S(=O)(=O)N/N=C(/CC2=CCCCC2)c2ccccc2)cc1. The van der Waals surface area contributed by atoms with Crippen LogP contribution in [-0.4, -0.2) is 14.1 Å². The highest BCUT2D eigenvalue weighted by Crippen LogP contribution is 2.22. The standard InChI is InChI=1S/C21H24N2O2S/c1-17-12-14-20(15-13-17)26(24,25)23-22-21(19-10-6-3-7-11-19)16-18-8-4-2-5-9-18/h3,6-8,10-15,23H,2,4-5,9,16H2,1H3/b22-21-. The van der Waals surface area contributed by atoms with Crippen LogP contribution in [0.1, 0.15) is 43.2 Å². The van der Waals surface area contributed by atoms with Crippen LogP contribution < -0.4 is 4.83 Å². The fraction of sp³-hybridized carbons (Fsp3) is 0.286. The minimum absolute atomic E-state index is 0.219. The molecule has 0 bridgehead atoms. The summed E-state index contributed by atoms with van der Waals surface area (Å²) in [5.41, 5.74) is 4.02. The molecule has 1 aliphatic carbocycles. The Kier molecular flexibility index (Phi) is 5.89. The molecule has 0 heterocycles. The van der Waals surface area contributed by atoms with Crippen molar-refractivity contribution in [3.63, 3.8) is 0 Å². The summed E-state index contributed by atoms with van der Waals surface area (Å²) >= 11 is 0. The van der Waals surface area contributed by atoms with Gasteiger partial charge in [0, 0.05) is 6.42 Å². The molecule has 0 atom stereocenters.